The lowest BCUT2D eigenvalue weighted by molar-refractivity contribution is 0.102. The number of methoxy groups -OCH3 is 1. The van der Waals surface area contributed by atoms with Gasteiger partial charge in [0.25, 0.3) is 5.91 Å². The molecule has 3 aromatic rings. The van der Waals surface area contributed by atoms with Crippen molar-refractivity contribution in [3.63, 3.8) is 0 Å². The Labute approximate surface area is 253 Å². The largest absolute Gasteiger partial charge is 0.492 e. The van der Waals surface area contributed by atoms with E-state index in [1.807, 2.05) is 19.9 Å². The number of aryl methyl sites for hydroxylation is 2. The molecule has 1 aliphatic rings. The summed E-state index contributed by atoms with van der Waals surface area (Å²) in [4.78, 5) is 22.3. The molecule has 0 atom stereocenters. The number of hydrogen-bond donors (Lipinski definition) is 3. The van der Waals surface area contributed by atoms with Crippen LogP contribution in [0.25, 0.3) is 5.70 Å². The number of aliphatic imine (C=N–C) groups is 1. The second kappa shape index (κ2) is 11.5. The summed E-state index contributed by atoms with van der Waals surface area (Å²) in [5.41, 5.74) is 4.23. The van der Waals surface area contributed by atoms with Crippen molar-refractivity contribution in [1.29, 1.82) is 0 Å². The van der Waals surface area contributed by atoms with Crippen LogP contribution in [0.4, 0.5) is 17.1 Å². The van der Waals surface area contributed by atoms with Crippen molar-refractivity contribution in [2.24, 2.45) is 10.8 Å². The summed E-state index contributed by atoms with van der Waals surface area (Å²) in [7, 11) is -2.17. The smallest absolute Gasteiger partial charge is 0.255 e. The van der Waals surface area contributed by atoms with Gasteiger partial charge < -0.3 is 14.6 Å². The molecule has 1 aromatic heterocycles. The highest BCUT2D eigenvalue weighted by molar-refractivity contribution is 7.92. The van der Waals surface area contributed by atoms with Gasteiger partial charge in [0.15, 0.2) is 5.75 Å². The maximum Gasteiger partial charge on any atom is 0.255 e. The first-order valence-electron chi connectivity index (χ1n) is 13.9. The second-order valence-corrected chi connectivity index (χ2v) is 14.0. The van der Waals surface area contributed by atoms with Crippen LogP contribution in [-0.4, -0.2) is 44.0 Å². The zero-order valence-corrected chi connectivity index (χ0v) is 26.9. The molecule has 4 N–H and O–H groups in total. The standard InChI is InChI=1S/C31H41N7O4S/c1-19-10-11-21(14-26(19)37(32)18-25(33-7)27-17-34-20(2)38(27)30(3,4)5)29(39)35-23-15-22(31(6)12-13-31)16-24(28(23)42-8)36-43(9,40)41/h10-11,14-18,36H,7,12-13,32H2,1-6,8-9H3,(H,35,39)/b25-18-. The van der Waals surface area contributed by atoms with Crippen LogP contribution >= 0.6 is 0 Å². The fourth-order valence-electron chi connectivity index (χ4n) is 5.13. The molecule has 0 aliphatic heterocycles. The minimum absolute atomic E-state index is 0.0963. The highest BCUT2D eigenvalue weighted by atomic mass is 32.2. The predicted molar refractivity (Wildman–Crippen MR) is 173 cm³/mol. The molecule has 0 bridgehead atoms. The molecule has 1 aliphatic carbocycles. The number of carbonyl (C=O) groups excluding carboxylic acids is 1. The van der Waals surface area contributed by atoms with E-state index in [9.17, 15) is 13.2 Å². The normalized spacial score (nSPS) is 14.7. The Morgan fingerprint density at radius 2 is 1.86 bits per heavy atom. The first-order valence-corrected chi connectivity index (χ1v) is 15.8. The van der Waals surface area contributed by atoms with E-state index >= 15 is 0 Å². The third kappa shape index (κ3) is 6.91. The molecular weight excluding hydrogens is 566 g/mol. The number of sulfonamides is 1. The van der Waals surface area contributed by atoms with Crippen molar-refractivity contribution < 1.29 is 17.9 Å². The Kier molecular flexibility index (Phi) is 8.49. The van der Waals surface area contributed by atoms with Crippen molar-refractivity contribution in [1.82, 2.24) is 9.55 Å². The fourth-order valence-corrected chi connectivity index (χ4v) is 5.68. The highest BCUT2D eigenvalue weighted by Crippen LogP contribution is 2.51. The van der Waals surface area contributed by atoms with E-state index in [0.717, 1.165) is 41.7 Å². The van der Waals surface area contributed by atoms with Crippen LogP contribution in [0, 0.1) is 13.8 Å². The van der Waals surface area contributed by atoms with E-state index in [1.165, 1.54) is 12.1 Å². The molecule has 0 radical (unpaired) electrons. The average molecular weight is 608 g/mol. The Morgan fingerprint density at radius 3 is 2.42 bits per heavy atom. The first-order chi connectivity index (χ1) is 20.0. The maximum atomic E-state index is 13.6. The molecule has 1 amide bonds. The van der Waals surface area contributed by atoms with Crippen molar-refractivity contribution >= 4 is 45.4 Å². The number of nitrogens with one attached hydrogen (secondary N) is 2. The molecule has 0 unspecified atom stereocenters. The van der Waals surface area contributed by atoms with E-state index in [-0.39, 0.29) is 22.4 Å². The monoisotopic (exact) mass is 607 g/mol. The van der Waals surface area contributed by atoms with E-state index < -0.39 is 15.9 Å². The van der Waals surface area contributed by atoms with Crippen molar-refractivity contribution in [2.75, 3.05) is 28.4 Å². The minimum atomic E-state index is -3.60. The summed E-state index contributed by atoms with van der Waals surface area (Å²) in [5, 5.41) is 4.33. The van der Waals surface area contributed by atoms with Gasteiger partial charge in [0, 0.05) is 17.3 Å². The lowest BCUT2D eigenvalue weighted by Crippen LogP contribution is -2.28. The van der Waals surface area contributed by atoms with Crippen LogP contribution in [0.15, 0.2) is 47.7 Å². The average Bonchev–Trinajstić information content (AvgIpc) is 3.53. The van der Waals surface area contributed by atoms with Crippen LogP contribution in [0.1, 0.15) is 73.5 Å². The highest BCUT2D eigenvalue weighted by Gasteiger charge is 2.40. The molecular formula is C31H41N7O4S. The van der Waals surface area contributed by atoms with Crippen LogP contribution in [0.5, 0.6) is 5.75 Å². The molecule has 1 heterocycles. The van der Waals surface area contributed by atoms with Crippen LogP contribution in [0.3, 0.4) is 0 Å². The summed E-state index contributed by atoms with van der Waals surface area (Å²) >= 11 is 0. The van der Waals surface area contributed by atoms with Gasteiger partial charge in [0.2, 0.25) is 10.0 Å². The summed E-state index contributed by atoms with van der Waals surface area (Å²) in [6.07, 6.45) is 6.39. The first kappa shape index (κ1) is 31.8. The lowest BCUT2D eigenvalue weighted by atomic mass is 9.96. The Morgan fingerprint density at radius 1 is 1.21 bits per heavy atom. The number of ether oxygens (including phenoxy) is 1. The quantitative estimate of drug-likeness (QED) is 0.161. The topological polar surface area (TPSA) is 144 Å². The summed E-state index contributed by atoms with van der Waals surface area (Å²) in [5.74, 6) is 7.16. The maximum absolute atomic E-state index is 13.6. The van der Waals surface area contributed by atoms with Crippen LogP contribution in [0.2, 0.25) is 0 Å². The van der Waals surface area contributed by atoms with Gasteiger partial charge >= 0.3 is 0 Å². The van der Waals surface area contributed by atoms with Gasteiger partial charge in [-0.15, -0.1) is 0 Å². The van der Waals surface area contributed by atoms with Crippen molar-refractivity contribution in [2.45, 2.75) is 65.3 Å². The number of imidazole rings is 1. The van der Waals surface area contributed by atoms with Gasteiger partial charge in [-0.1, -0.05) is 13.0 Å². The molecule has 43 heavy (non-hydrogen) atoms. The van der Waals surface area contributed by atoms with Crippen LogP contribution in [-0.2, 0) is 21.0 Å². The second-order valence-electron chi connectivity index (χ2n) is 12.3. The third-order valence-electron chi connectivity index (χ3n) is 7.59. The van der Waals surface area contributed by atoms with Gasteiger partial charge in [-0.3, -0.25) is 19.5 Å². The van der Waals surface area contributed by atoms with Crippen molar-refractivity contribution in [3.05, 3.63) is 70.9 Å². The van der Waals surface area contributed by atoms with Gasteiger partial charge in [0.05, 0.1) is 42.3 Å². The van der Waals surface area contributed by atoms with Gasteiger partial charge in [-0.2, -0.15) is 0 Å². The molecule has 1 saturated carbocycles. The number of nitrogens with two attached hydrogens (primary N) is 1. The number of rotatable bonds is 10. The van der Waals surface area contributed by atoms with Gasteiger partial charge in [-0.05, 0) is 95.0 Å². The number of benzene rings is 2. The molecule has 11 nitrogen and oxygen atoms in total. The SMILES string of the molecule is C=N/C(=C\N(N)c1cc(C(=O)Nc2cc(C3(C)CC3)cc(NS(C)(=O)=O)c2OC)ccc1C)c1cnc(C)n1C(C)(C)C. The number of hydrazine groups is 1. The molecule has 4 rings (SSSR count). The lowest BCUT2D eigenvalue weighted by Gasteiger charge is -2.26. The van der Waals surface area contributed by atoms with Gasteiger partial charge in [-0.25, -0.2) is 19.2 Å². The minimum Gasteiger partial charge on any atom is -0.492 e. The van der Waals surface area contributed by atoms with Crippen molar-refractivity contribution in [3.8, 4) is 5.75 Å². The summed E-state index contributed by atoms with van der Waals surface area (Å²) in [6.45, 7) is 15.9. The summed E-state index contributed by atoms with van der Waals surface area (Å²) < 4.78 is 34.3. The number of nitrogens with zero attached hydrogens (tertiary/aromatic N) is 4. The Bertz CT molecular complexity index is 1710. The number of anilines is 3. The number of hydrogen-bond acceptors (Lipinski definition) is 8. The molecule has 230 valence electrons. The summed E-state index contributed by atoms with van der Waals surface area (Å²) in [6, 6.07) is 8.79. The fraction of sp³-hybridized carbons (Fsp3) is 0.387. The number of aromatic nitrogens is 2. The van der Waals surface area contributed by atoms with E-state index in [2.05, 4.69) is 59.0 Å². The number of amides is 1. The van der Waals surface area contributed by atoms with E-state index in [0.29, 0.717) is 22.6 Å². The molecule has 12 heteroatoms. The zero-order valence-electron chi connectivity index (χ0n) is 26.1. The predicted octanol–water partition coefficient (Wildman–Crippen LogP) is 5.32. The zero-order chi connectivity index (χ0) is 31.9. The number of carbonyl (C=O) groups is 1. The third-order valence-corrected chi connectivity index (χ3v) is 8.18. The van der Waals surface area contributed by atoms with Crippen LogP contribution < -0.4 is 25.6 Å². The molecule has 1 fully saturated rings. The van der Waals surface area contributed by atoms with Gasteiger partial charge in [0.1, 0.15) is 11.5 Å². The molecule has 0 spiro atoms. The van der Waals surface area contributed by atoms with E-state index in [4.69, 9.17) is 10.6 Å². The molecule has 2 aromatic carbocycles. The molecule has 0 saturated heterocycles. The Hall–Kier alpha value is -4.16. The van der Waals surface area contributed by atoms with E-state index in [1.54, 1.807) is 36.7 Å². The Balaban J connectivity index is 1.69.